The van der Waals surface area contributed by atoms with Gasteiger partial charge >= 0.3 is 5.97 Å². The zero-order valence-corrected chi connectivity index (χ0v) is 11.1. The molecule has 5 heteroatoms. The largest absolute Gasteiger partial charge is 0.481 e. The van der Waals surface area contributed by atoms with Gasteiger partial charge in [0.2, 0.25) is 0 Å². The monoisotopic (exact) mass is 304 g/mol. The SMILES string of the molecule is O=C(O)C1(Cc2cc(Br)cs2)CCOCC1. The molecule has 1 aliphatic rings. The molecule has 0 unspecified atom stereocenters. The smallest absolute Gasteiger partial charge is 0.310 e. The number of carbonyl (C=O) groups is 1. The Kier molecular flexibility index (Phi) is 3.66. The van der Waals surface area contributed by atoms with Gasteiger partial charge in [0.15, 0.2) is 0 Å². The number of carboxylic acid groups (broad SMARTS) is 1. The third-order valence-electron chi connectivity index (χ3n) is 3.04. The molecule has 0 aromatic carbocycles. The number of hydrogen-bond donors (Lipinski definition) is 1. The van der Waals surface area contributed by atoms with Crippen LogP contribution in [0.4, 0.5) is 0 Å². The van der Waals surface area contributed by atoms with Gasteiger partial charge in [-0.25, -0.2) is 0 Å². The van der Waals surface area contributed by atoms with Crippen molar-refractivity contribution >= 4 is 33.2 Å². The maximum Gasteiger partial charge on any atom is 0.310 e. The molecule has 0 atom stereocenters. The molecule has 0 saturated carbocycles. The van der Waals surface area contributed by atoms with E-state index in [1.165, 1.54) is 0 Å². The molecule has 1 aromatic rings. The second-order valence-corrected chi connectivity index (χ2v) is 6.02. The van der Waals surface area contributed by atoms with Crippen molar-refractivity contribution in [2.45, 2.75) is 19.3 Å². The van der Waals surface area contributed by atoms with Crippen molar-refractivity contribution in [2.75, 3.05) is 13.2 Å². The van der Waals surface area contributed by atoms with E-state index >= 15 is 0 Å². The van der Waals surface area contributed by atoms with Gasteiger partial charge in [0.1, 0.15) is 0 Å². The van der Waals surface area contributed by atoms with Crippen molar-refractivity contribution in [3.8, 4) is 0 Å². The van der Waals surface area contributed by atoms with Crippen LogP contribution in [0.1, 0.15) is 17.7 Å². The first-order chi connectivity index (χ1) is 7.62. The topological polar surface area (TPSA) is 46.5 Å². The fourth-order valence-electron chi connectivity index (χ4n) is 2.01. The highest BCUT2D eigenvalue weighted by Gasteiger charge is 2.40. The molecule has 2 heterocycles. The summed E-state index contributed by atoms with van der Waals surface area (Å²) in [5, 5.41) is 11.4. The Morgan fingerprint density at radius 1 is 1.56 bits per heavy atom. The van der Waals surface area contributed by atoms with Crippen LogP contribution in [0.25, 0.3) is 0 Å². The summed E-state index contributed by atoms with van der Waals surface area (Å²) in [5.41, 5.74) is -0.622. The Bertz CT molecular complexity index is 382. The summed E-state index contributed by atoms with van der Waals surface area (Å²) < 4.78 is 6.28. The molecule has 88 valence electrons. The lowest BCUT2D eigenvalue weighted by Gasteiger charge is -2.32. The molecule has 1 N–H and O–H groups in total. The maximum atomic E-state index is 11.4. The third-order valence-corrected chi connectivity index (χ3v) is 4.74. The van der Waals surface area contributed by atoms with Crippen molar-refractivity contribution in [1.29, 1.82) is 0 Å². The van der Waals surface area contributed by atoms with Gasteiger partial charge in [-0.05, 0) is 41.3 Å². The zero-order chi connectivity index (χ0) is 11.6. The highest BCUT2D eigenvalue weighted by Crippen LogP contribution is 2.36. The zero-order valence-electron chi connectivity index (χ0n) is 8.74. The van der Waals surface area contributed by atoms with Gasteiger partial charge in [-0.2, -0.15) is 0 Å². The fraction of sp³-hybridized carbons (Fsp3) is 0.545. The van der Waals surface area contributed by atoms with Gasteiger partial charge in [0.25, 0.3) is 0 Å². The summed E-state index contributed by atoms with van der Waals surface area (Å²) >= 11 is 5.00. The average molecular weight is 305 g/mol. The van der Waals surface area contributed by atoms with Crippen molar-refractivity contribution < 1.29 is 14.6 Å². The molecule has 0 aliphatic carbocycles. The van der Waals surface area contributed by atoms with Crippen molar-refractivity contribution in [2.24, 2.45) is 5.41 Å². The lowest BCUT2D eigenvalue weighted by Crippen LogP contribution is -2.38. The van der Waals surface area contributed by atoms with Crippen LogP contribution in [0.2, 0.25) is 0 Å². The molecule has 0 radical (unpaired) electrons. The Morgan fingerprint density at radius 2 is 2.25 bits per heavy atom. The first-order valence-corrected chi connectivity index (χ1v) is 6.84. The quantitative estimate of drug-likeness (QED) is 0.934. The van der Waals surface area contributed by atoms with Crippen LogP contribution in [0.3, 0.4) is 0 Å². The molecular weight excluding hydrogens is 292 g/mol. The number of ether oxygens (including phenoxy) is 1. The third kappa shape index (κ3) is 2.47. The van der Waals surface area contributed by atoms with E-state index in [1.54, 1.807) is 11.3 Å². The Labute approximate surface area is 107 Å². The standard InChI is InChI=1S/C11H13BrO3S/c12-8-5-9(16-7-8)6-11(10(13)14)1-3-15-4-2-11/h5,7H,1-4,6H2,(H,13,14). The number of hydrogen-bond acceptors (Lipinski definition) is 3. The van der Waals surface area contributed by atoms with E-state index < -0.39 is 11.4 Å². The highest BCUT2D eigenvalue weighted by molar-refractivity contribution is 9.10. The van der Waals surface area contributed by atoms with Crippen molar-refractivity contribution in [3.63, 3.8) is 0 Å². The van der Waals surface area contributed by atoms with Gasteiger partial charge in [-0.1, -0.05) is 0 Å². The summed E-state index contributed by atoms with van der Waals surface area (Å²) in [6, 6.07) is 2.00. The molecule has 1 saturated heterocycles. The van der Waals surface area contributed by atoms with Crippen LogP contribution in [0.15, 0.2) is 15.9 Å². The Morgan fingerprint density at radius 3 is 2.75 bits per heavy atom. The maximum absolute atomic E-state index is 11.4. The minimum absolute atomic E-state index is 0.554. The second kappa shape index (κ2) is 4.85. The predicted octanol–water partition coefficient (Wildman–Crippen LogP) is 2.93. The molecule has 1 aromatic heterocycles. The normalized spacial score (nSPS) is 19.6. The molecule has 16 heavy (non-hydrogen) atoms. The first-order valence-electron chi connectivity index (χ1n) is 5.16. The lowest BCUT2D eigenvalue weighted by molar-refractivity contribution is -0.154. The van der Waals surface area contributed by atoms with E-state index in [-0.39, 0.29) is 0 Å². The number of carboxylic acids is 1. The van der Waals surface area contributed by atoms with Crippen molar-refractivity contribution in [1.82, 2.24) is 0 Å². The molecular formula is C11H13BrO3S. The molecule has 1 aliphatic heterocycles. The minimum Gasteiger partial charge on any atom is -0.481 e. The highest BCUT2D eigenvalue weighted by atomic mass is 79.9. The molecule has 0 spiro atoms. The van der Waals surface area contributed by atoms with E-state index in [2.05, 4.69) is 15.9 Å². The summed E-state index contributed by atoms with van der Waals surface area (Å²) in [5.74, 6) is -0.694. The van der Waals surface area contributed by atoms with Gasteiger partial charge in [-0.3, -0.25) is 4.79 Å². The van der Waals surface area contributed by atoms with E-state index in [4.69, 9.17) is 4.74 Å². The first kappa shape index (κ1) is 12.1. The van der Waals surface area contributed by atoms with Gasteiger partial charge in [0.05, 0.1) is 5.41 Å². The number of thiophene rings is 1. The fourth-order valence-corrected chi connectivity index (χ4v) is 3.60. The van der Waals surface area contributed by atoms with Crippen molar-refractivity contribution in [3.05, 3.63) is 20.8 Å². The molecule has 2 rings (SSSR count). The molecule has 0 bridgehead atoms. The van der Waals surface area contributed by atoms with E-state index in [0.29, 0.717) is 32.5 Å². The summed E-state index contributed by atoms with van der Waals surface area (Å²) in [4.78, 5) is 12.5. The second-order valence-electron chi connectivity index (χ2n) is 4.11. The van der Waals surface area contributed by atoms with E-state index in [9.17, 15) is 9.90 Å². The molecule has 3 nitrogen and oxygen atoms in total. The average Bonchev–Trinajstić information content (AvgIpc) is 2.65. The van der Waals surface area contributed by atoms with Crippen LogP contribution >= 0.6 is 27.3 Å². The number of rotatable bonds is 3. The van der Waals surface area contributed by atoms with Crippen LogP contribution in [-0.4, -0.2) is 24.3 Å². The predicted molar refractivity (Wildman–Crippen MR) is 65.8 cm³/mol. The van der Waals surface area contributed by atoms with E-state index in [1.807, 2.05) is 11.4 Å². The van der Waals surface area contributed by atoms with Crippen LogP contribution in [0, 0.1) is 5.41 Å². The summed E-state index contributed by atoms with van der Waals surface area (Å²) in [7, 11) is 0. The number of halogens is 1. The molecule has 1 fully saturated rings. The van der Waals surface area contributed by atoms with E-state index in [0.717, 1.165) is 9.35 Å². The van der Waals surface area contributed by atoms with Gasteiger partial charge in [-0.15, -0.1) is 11.3 Å². The number of aliphatic carboxylic acids is 1. The van der Waals surface area contributed by atoms with Gasteiger partial charge < -0.3 is 9.84 Å². The van der Waals surface area contributed by atoms with Crippen LogP contribution in [0.5, 0.6) is 0 Å². The summed E-state index contributed by atoms with van der Waals surface area (Å²) in [6.45, 7) is 1.11. The minimum atomic E-state index is -0.694. The van der Waals surface area contributed by atoms with Crippen LogP contribution in [-0.2, 0) is 16.0 Å². The summed E-state index contributed by atoms with van der Waals surface area (Å²) in [6.07, 6.45) is 1.83. The molecule has 0 amide bonds. The Balaban J connectivity index is 2.16. The lowest BCUT2D eigenvalue weighted by atomic mass is 9.77. The van der Waals surface area contributed by atoms with Gasteiger partial charge in [0, 0.05) is 27.9 Å². The van der Waals surface area contributed by atoms with Crippen LogP contribution < -0.4 is 0 Å². The Hall–Kier alpha value is -0.390.